The number of anilines is 1. The van der Waals surface area contributed by atoms with Crippen LogP contribution in [-0.2, 0) is 16.6 Å². The molecule has 0 aliphatic heterocycles. The number of nitrogens with zero attached hydrogens (tertiary/aromatic N) is 1. The molecular weight excluding hydrogens is 416 g/mol. The zero-order valence-electron chi connectivity index (χ0n) is 17.5. The second-order valence-corrected chi connectivity index (χ2v) is 8.66. The Morgan fingerprint density at radius 3 is 2.16 bits per heavy atom. The van der Waals surface area contributed by atoms with E-state index in [4.69, 9.17) is 9.47 Å². The molecule has 8 heteroatoms. The van der Waals surface area contributed by atoms with E-state index in [9.17, 15) is 13.2 Å². The van der Waals surface area contributed by atoms with Crippen molar-refractivity contribution in [3.05, 3.63) is 83.9 Å². The molecule has 7 nitrogen and oxygen atoms in total. The minimum Gasteiger partial charge on any atom is -0.497 e. The summed E-state index contributed by atoms with van der Waals surface area (Å²) < 4.78 is 37.3. The van der Waals surface area contributed by atoms with E-state index in [1.54, 1.807) is 43.5 Å². The van der Waals surface area contributed by atoms with Gasteiger partial charge in [0, 0.05) is 24.7 Å². The lowest BCUT2D eigenvalue weighted by Gasteiger charge is -2.20. The third-order valence-corrected chi connectivity index (χ3v) is 6.64. The number of benzene rings is 3. The number of ether oxygens (including phenoxy) is 2. The zero-order chi connectivity index (χ0) is 22.4. The van der Waals surface area contributed by atoms with E-state index in [1.807, 2.05) is 24.3 Å². The minimum atomic E-state index is -3.74. The van der Waals surface area contributed by atoms with Gasteiger partial charge in [0.2, 0.25) is 0 Å². The molecule has 0 spiro atoms. The van der Waals surface area contributed by atoms with Crippen LogP contribution >= 0.6 is 0 Å². The summed E-state index contributed by atoms with van der Waals surface area (Å²) in [6, 6.07) is 20.0. The van der Waals surface area contributed by atoms with E-state index in [-0.39, 0.29) is 10.8 Å². The molecule has 3 rings (SSSR count). The number of carbonyl (C=O) groups is 1. The maximum atomic E-state index is 12.9. The van der Waals surface area contributed by atoms with Gasteiger partial charge in [-0.05, 0) is 54.6 Å². The average Bonchev–Trinajstić information content (AvgIpc) is 2.82. The lowest BCUT2D eigenvalue weighted by molar-refractivity contribution is 0.0950. The van der Waals surface area contributed by atoms with Crippen LogP contribution in [0.2, 0.25) is 0 Å². The lowest BCUT2D eigenvalue weighted by atomic mass is 10.1. The zero-order valence-corrected chi connectivity index (χ0v) is 18.3. The molecule has 0 bridgehead atoms. The predicted molar refractivity (Wildman–Crippen MR) is 119 cm³/mol. The smallest absolute Gasteiger partial charge is 0.264 e. The summed E-state index contributed by atoms with van der Waals surface area (Å²) in [7, 11) is 0.825. The summed E-state index contributed by atoms with van der Waals surface area (Å²) in [6.45, 7) is 0.316. The van der Waals surface area contributed by atoms with E-state index < -0.39 is 10.0 Å². The monoisotopic (exact) mass is 440 g/mol. The van der Waals surface area contributed by atoms with Gasteiger partial charge in [0.05, 0.1) is 24.8 Å². The highest BCUT2D eigenvalue weighted by Crippen LogP contribution is 2.24. The molecule has 0 radical (unpaired) electrons. The highest BCUT2D eigenvalue weighted by Gasteiger charge is 2.21. The number of methoxy groups -OCH3 is 2. The van der Waals surface area contributed by atoms with Gasteiger partial charge in [-0.1, -0.05) is 18.2 Å². The number of nitrogens with one attached hydrogen (secondary N) is 1. The van der Waals surface area contributed by atoms with Crippen molar-refractivity contribution >= 4 is 21.6 Å². The van der Waals surface area contributed by atoms with Crippen LogP contribution in [0.5, 0.6) is 11.5 Å². The molecule has 0 saturated heterocycles. The Morgan fingerprint density at radius 1 is 0.903 bits per heavy atom. The molecule has 1 amide bonds. The molecule has 3 aromatic rings. The first-order valence-corrected chi connectivity index (χ1v) is 10.9. The summed E-state index contributed by atoms with van der Waals surface area (Å²) in [5.41, 5.74) is 1.73. The van der Waals surface area contributed by atoms with Gasteiger partial charge in [0.15, 0.2) is 0 Å². The molecule has 0 aliphatic rings. The maximum absolute atomic E-state index is 12.9. The topological polar surface area (TPSA) is 84.9 Å². The molecule has 162 valence electrons. The van der Waals surface area contributed by atoms with Gasteiger partial charge in [-0.25, -0.2) is 8.42 Å². The first-order valence-electron chi connectivity index (χ1n) is 9.50. The SMILES string of the molecule is COc1ccc(S(=O)(=O)N(C)c2ccc(C(=O)NCc3ccccc3OC)cc2)cc1. The Labute approximate surface area is 182 Å². The molecular formula is C23H24N2O5S. The van der Waals surface area contributed by atoms with E-state index in [1.165, 1.54) is 30.6 Å². The fraction of sp³-hybridized carbons (Fsp3) is 0.174. The van der Waals surface area contributed by atoms with Crippen molar-refractivity contribution in [3.8, 4) is 11.5 Å². The van der Waals surface area contributed by atoms with Crippen LogP contribution < -0.4 is 19.1 Å². The van der Waals surface area contributed by atoms with Crippen molar-refractivity contribution in [1.82, 2.24) is 5.32 Å². The number of sulfonamides is 1. The fourth-order valence-electron chi connectivity index (χ4n) is 2.99. The van der Waals surface area contributed by atoms with Gasteiger partial charge < -0.3 is 14.8 Å². The molecule has 0 heterocycles. The second kappa shape index (κ2) is 9.53. The molecule has 31 heavy (non-hydrogen) atoms. The van der Waals surface area contributed by atoms with Crippen LogP contribution in [-0.4, -0.2) is 35.6 Å². The average molecular weight is 441 g/mol. The molecule has 0 unspecified atom stereocenters. The molecule has 0 aromatic heterocycles. The van der Waals surface area contributed by atoms with Crippen LogP contribution in [0.25, 0.3) is 0 Å². The third kappa shape index (κ3) is 4.97. The standard InChI is InChI=1S/C23H24N2O5S/c1-25(31(27,28)21-14-12-20(29-2)13-15-21)19-10-8-17(9-11-19)23(26)24-16-18-6-4-5-7-22(18)30-3/h4-15H,16H2,1-3H3,(H,24,26). The Morgan fingerprint density at radius 2 is 1.55 bits per heavy atom. The number of carbonyl (C=O) groups excluding carboxylic acids is 1. The number of rotatable bonds is 8. The molecule has 0 atom stereocenters. The molecule has 0 aliphatic carbocycles. The number of hydrogen-bond acceptors (Lipinski definition) is 5. The summed E-state index contributed by atoms with van der Waals surface area (Å²) in [5.74, 6) is 1.01. The highest BCUT2D eigenvalue weighted by molar-refractivity contribution is 7.92. The quantitative estimate of drug-likeness (QED) is 0.580. The molecule has 3 aromatic carbocycles. The summed E-state index contributed by atoms with van der Waals surface area (Å²) in [4.78, 5) is 12.6. The molecule has 0 fully saturated rings. The van der Waals surface area contributed by atoms with Crippen molar-refractivity contribution in [2.75, 3.05) is 25.6 Å². The van der Waals surface area contributed by atoms with E-state index >= 15 is 0 Å². The van der Waals surface area contributed by atoms with Gasteiger partial charge in [0.1, 0.15) is 11.5 Å². The third-order valence-electron chi connectivity index (χ3n) is 4.84. The Kier molecular flexibility index (Phi) is 6.81. The van der Waals surface area contributed by atoms with Crippen molar-refractivity contribution in [3.63, 3.8) is 0 Å². The first kappa shape index (κ1) is 22.2. The van der Waals surface area contributed by atoms with Crippen molar-refractivity contribution < 1.29 is 22.7 Å². The van der Waals surface area contributed by atoms with Crippen molar-refractivity contribution in [1.29, 1.82) is 0 Å². The Hall–Kier alpha value is -3.52. The van der Waals surface area contributed by atoms with Crippen LogP contribution in [0.3, 0.4) is 0 Å². The van der Waals surface area contributed by atoms with Crippen LogP contribution in [0.15, 0.2) is 77.7 Å². The largest absolute Gasteiger partial charge is 0.497 e. The van der Waals surface area contributed by atoms with Crippen LogP contribution in [0.4, 0.5) is 5.69 Å². The van der Waals surface area contributed by atoms with E-state index in [0.717, 1.165) is 5.56 Å². The van der Waals surface area contributed by atoms with Gasteiger partial charge >= 0.3 is 0 Å². The summed E-state index contributed by atoms with van der Waals surface area (Å²) in [6.07, 6.45) is 0. The van der Waals surface area contributed by atoms with Gasteiger partial charge in [-0.3, -0.25) is 9.10 Å². The Balaban J connectivity index is 1.70. The summed E-state index contributed by atoms with van der Waals surface area (Å²) in [5, 5.41) is 2.84. The normalized spacial score (nSPS) is 10.9. The number of amides is 1. The highest BCUT2D eigenvalue weighted by atomic mass is 32.2. The lowest BCUT2D eigenvalue weighted by Crippen LogP contribution is -2.27. The molecule has 1 N–H and O–H groups in total. The fourth-order valence-corrected chi connectivity index (χ4v) is 4.19. The number of hydrogen-bond donors (Lipinski definition) is 1. The van der Waals surface area contributed by atoms with E-state index in [2.05, 4.69) is 5.32 Å². The predicted octanol–water partition coefficient (Wildman–Crippen LogP) is 3.46. The Bertz CT molecular complexity index is 1140. The van der Waals surface area contributed by atoms with Gasteiger partial charge in [0.25, 0.3) is 15.9 Å². The first-order chi connectivity index (χ1) is 14.9. The van der Waals surface area contributed by atoms with E-state index in [0.29, 0.717) is 29.3 Å². The van der Waals surface area contributed by atoms with Gasteiger partial charge in [-0.15, -0.1) is 0 Å². The van der Waals surface area contributed by atoms with Crippen molar-refractivity contribution in [2.45, 2.75) is 11.4 Å². The number of para-hydroxylation sites is 1. The van der Waals surface area contributed by atoms with Crippen LogP contribution in [0, 0.1) is 0 Å². The van der Waals surface area contributed by atoms with Gasteiger partial charge in [-0.2, -0.15) is 0 Å². The van der Waals surface area contributed by atoms with Crippen LogP contribution in [0.1, 0.15) is 15.9 Å². The van der Waals surface area contributed by atoms with Crippen molar-refractivity contribution in [2.24, 2.45) is 0 Å². The summed E-state index contributed by atoms with van der Waals surface area (Å²) >= 11 is 0. The molecule has 0 saturated carbocycles. The second-order valence-electron chi connectivity index (χ2n) is 6.69. The maximum Gasteiger partial charge on any atom is 0.264 e. The minimum absolute atomic E-state index is 0.148.